The second-order valence-corrected chi connectivity index (χ2v) is 19.1. The van der Waals surface area contributed by atoms with Crippen LogP contribution in [-0.2, 0) is 49.4 Å². The first-order valence-corrected chi connectivity index (χ1v) is 24.9. The van der Waals surface area contributed by atoms with E-state index in [1.165, 1.54) is 27.8 Å². The van der Waals surface area contributed by atoms with E-state index in [9.17, 15) is 23.2 Å². The lowest BCUT2D eigenvalue weighted by Crippen LogP contribution is -2.48. The second-order valence-electron chi connectivity index (χ2n) is 17.5. The number of nitrogens with zero attached hydrogens (tertiary/aromatic N) is 10. The number of aliphatic hydroxyl groups is 1. The molecule has 0 radical (unpaired) electrons. The van der Waals surface area contributed by atoms with Crippen molar-refractivity contribution in [3.8, 4) is 16.8 Å². The van der Waals surface area contributed by atoms with Crippen molar-refractivity contribution in [2.75, 3.05) is 36.0 Å². The first-order valence-electron chi connectivity index (χ1n) is 23.5. The van der Waals surface area contributed by atoms with Gasteiger partial charge >= 0.3 is 19.4 Å². The Morgan fingerprint density at radius 2 is 1.32 bits per heavy atom. The number of anilines is 2. The third kappa shape index (κ3) is 11.2. The fraction of sp³-hybridized carbons (Fsp3) is 0.269. The monoisotopic (exact) mass is 1020 g/mol. The summed E-state index contributed by atoms with van der Waals surface area (Å²) < 4.78 is 96.9. The van der Waals surface area contributed by atoms with E-state index >= 15 is 8.78 Å². The summed E-state index contributed by atoms with van der Waals surface area (Å²) in [5, 5.41) is 26.3. The van der Waals surface area contributed by atoms with Gasteiger partial charge in [-0.3, -0.25) is 18.6 Å². The Balaban J connectivity index is 0.814. The molecule has 1 aliphatic heterocycles. The molecule has 0 unspecified atom stereocenters. The van der Waals surface area contributed by atoms with Gasteiger partial charge in [0.05, 0.1) is 37.6 Å². The fourth-order valence-corrected chi connectivity index (χ4v) is 10.2. The molecule has 8 aromatic rings. The molecule has 5 aromatic carbocycles. The topological polar surface area (TPSA) is 168 Å². The highest BCUT2D eigenvalue weighted by molar-refractivity contribution is 7.48. The van der Waals surface area contributed by atoms with Crippen molar-refractivity contribution < 1.29 is 40.8 Å². The zero-order valence-electron chi connectivity index (χ0n) is 39.7. The van der Waals surface area contributed by atoms with Gasteiger partial charge in [-0.2, -0.15) is 13.9 Å². The third-order valence-electron chi connectivity index (χ3n) is 12.8. The Bertz CT molecular complexity index is 3140. The molecular formula is C52H51F4N10O6P. The van der Waals surface area contributed by atoms with Gasteiger partial charge in [-0.15, -0.1) is 5.10 Å². The minimum atomic E-state index is -4.18. The van der Waals surface area contributed by atoms with Gasteiger partial charge in [-0.25, -0.2) is 32.1 Å². The smallest absolute Gasteiger partial charge is 0.377 e. The third-order valence-corrected chi connectivity index (χ3v) is 14.3. The maximum atomic E-state index is 16.3. The van der Waals surface area contributed by atoms with Crippen molar-refractivity contribution in [2.45, 2.75) is 63.7 Å². The zero-order chi connectivity index (χ0) is 51.2. The number of alkyl halides is 2. The summed E-state index contributed by atoms with van der Waals surface area (Å²) in [7, 11) is -4.14. The van der Waals surface area contributed by atoms with Crippen molar-refractivity contribution in [3.05, 3.63) is 203 Å². The number of tetrazole rings is 1. The molecule has 0 bridgehead atoms. The fourth-order valence-electron chi connectivity index (χ4n) is 8.79. The number of piperazine rings is 1. The van der Waals surface area contributed by atoms with Crippen molar-refractivity contribution in [3.63, 3.8) is 0 Å². The van der Waals surface area contributed by atoms with Crippen LogP contribution in [0.1, 0.15) is 48.7 Å². The average molecular weight is 1020 g/mol. The van der Waals surface area contributed by atoms with Crippen molar-refractivity contribution in [1.82, 2.24) is 39.5 Å². The van der Waals surface area contributed by atoms with Gasteiger partial charge in [-0.05, 0) is 95.1 Å². The van der Waals surface area contributed by atoms with Gasteiger partial charge in [0.2, 0.25) is 0 Å². The molecule has 1 saturated heterocycles. The standard InChI is InChI=1S/C52H51F4N10O6P/c1-3-48(37(2)72-73(69,70-32-38-10-6-4-7-11-38)71-33-39-12-8-5-9-13-39)66-50(67)65(36-59-66)45-22-20-44(21-23-45)63-28-26-62(27-29-63)43-18-14-40(15-19-43)41-16-25-49(57-31-41)52(55,56)51(68,34-64-35-58-60-61-64)46-24-17-42(53)30-47(46)54/h4-25,30-31,35-37,48,68H,3,26-29,32-34H2,1-2H3/t37-,48-,51+/m0/s1. The van der Waals surface area contributed by atoms with Crippen LogP contribution in [0.2, 0.25) is 0 Å². The van der Waals surface area contributed by atoms with Crippen molar-refractivity contribution in [1.29, 1.82) is 0 Å². The summed E-state index contributed by atoms with van der Waals surface area (Å²) in [6.07, 6.45) is 3.34. The number of rotatable bonds is 20. The Kier molecular flexibility index (Phi) is 15.1. The van der Waals surface area contributed by atoms with E-state index in [1.807, 2.05) is 116 Å². The number of halogens is 4. The van der Waals surface area contributed by atoms with Gasteiger partial charge in [0.15, 0.2) is 5.60 Å². The van der Waals surface area contributed by atoms with Crippen LogP contribution in [0.5, 0.6) is 0 Å². The molecule has 21 heteroatoms. The highest BCUT2D eigenvalue weighted by Crippen LogP contribution is 2.53. The molecule has 1 aliphatic rings. The van der Waals surface area contributed by atoms with Crippen molar-refractivity contribution >= 4 is 19.2 Å². The summed E-state index contributed by atoms with van der Waals surface area (Å²) >= 11 is 0. The number of pyridine rings is 1. The Hall–Kier alpha value is -7.35. The molecule has 3 atom stereocenters. The van der Waals surface area contributed by atoms with E-state index in [2.05, 4.69) is 35.4 Å². The maximum absolute atomic E-state index is 16.3. The highest BCUT2D eigenvalue weighted by Gasteiger charge is 2.58. The minimum Gasteiger partial charge on any atom is -0.377 e. The molecular weight excluding hydrogens is 968 g/mol. The highest BCUT2D eigenvalue weighted by atomic mass is 31.2. The molecule has 73 heavy (non-hydrogen) atoms. The number of hydrogen-bond donors (Lipinski definition) is 1. The van der Waals surface area contributed by atoms with Crippen LogP contribution in [-0.4, -0.2) is 76.9 Å². The number of phosphoric ester groups is 1. The van der Waals surface area contributed by atoms with Gasteiger partial charge in [-0.1, -0.05) is 85.8 Å². The quantitative estimate of drug-likeness (QED) is 0.0567. The second kappa shape index (κ2) is 21.8. The van der Waals surface area contributed by atoms with Gasteiger partial charge in [0.1, 0.15) is 30.0 Å². The first-order chi connectivity index (χ1) is 35.2. The van der Waals surface area contributed by atoms with Crippen LogP contribution in [0.15, 0.2) is 163 Å². The lowest BCUT2D eigenvalue weighted by Gasteiger charge is -2.37. The summed E-state index contributed by atoms with van der Waals surface area (Å²) in [4.78, 5) is 22.4. The number of phosphoric acid groups is 1. The lowest BCUT2D eigenvalue weighted by molar-refractivity contribution is -0.207. The number of hydrogen-bond acceptors (Lipinski definition) is 13. The van der Waals surface area contributed by atoms with Crippen molar-refractivity contribution in [2.24, 2.45) is 0 Å². The summed E-state index contributed by atoms with van der Waals surface area (Å²) in [5.41, 5.74) is 0.0400. The molecule has 378 valence electrons. The van der Waals surface area contributed by atoms with Crippen LogP contribution in [0.25, 0.3) is 16.8 Å². The predicted molar refractivity (Wildman–Crippen MR) is 264 cm³/mol. The van der Waals surface area contributed by atoms with E-state index in [0.29, 0.717) is 55.5 Å². The molecule has 9 rings (SSSR count). The molecule has 1 fully saturated rings. The molecule has 0 saturated carbocycles. The minimum absolute atomic E-state index is 0.00454. The van der Waals surface area contributed by atoms with Gasteiger partial charge in [0.25, 0.3) is 0 Å². The Morgan fingerprint density at radius 3 is 1.85 bits per heavy atom. The molecule has 1 N–H and O–H groups in total. The van der Waals surface area contributed by atoms with Crippen LogP contribution < -0.4 is 15.5 Å². The summed E-state index contributed by atoms with van der Waals surface area (Å²) in [5.74, 6) is -6.55. The predicted octanol–water partition coefficient (Wildman–Crippen LogP) is 9.27. The van der Waals surface area contributed by atoms with Crippen LogP contribution in [0, 0.1) is 11.6 Å². The summed E-state index contributed by atoms with van der Waals surface area (Å²) in [6.45, 7) is 5.49. The van der Waals surface area contributed by atoms with Crippen LogP contribution >= 0.6 is 7.82 Å². The molecule has 16 nitrogen and oxygen atoms in total. The Morgan fingerprint density at radius 1 is 0.740 bits per heavy atom. The van der Waals surface area contributed by atoms with Crippen LogP contribution in [0.3, 0.4) is 0 Å². The molecule has 3 aromatic heterocycles. The normalized spacial score (nSPS) is 15.0. The first kappa shape index (κ1) is 50.6. The largest absolute Gasteiger partial charge is 0.475 e. The van der Waals surface area contributed by atoms with E-state index in [0.717, 1.165) is 51.7 Å². The SMILES string of the molecule is CC[C@@H]([C@H](C)OP(=O)(OCc1ccccc1)OCc1ccccc1)n1ncn(-c2ccc(N3CCN(c4ccc(-c5ccc(C(F)(F)[C@@](O)(Cn6cnnn6)c6ccc(F)cc6F)nc5)cc4)CC3)cc2)c1=O. The Labute approximate surface area is 417 Å². The van der Waals surface area contributed by atoms with E-state index in [-0.39, 0.29) is 13.2 Å². The van der Waals surface area contributed by atoms with E-state index < -0.39 is 66.6 Å². The molecule has 0 spiro atoms. The zero-order valence-corrected chi connectivity index (χ0v) is 40.6. The number of aromatic nitrogens is 8. The molecule has 4 heterocycles. The summed E-state index contributed by atoms with van der Waals surface area (Å²) in [6, 6.07) is 37.7. The lowest BCUT2D eigenvalue weighted by atomic mass is 9.84. The number of benzene rings is 5. The molecule has 0 amide bonds. The van der Waals surface area contributed by atoms with Crippen LogP contribution in [0.4, 0.5) is 28.9 Å². The molecule has 0 aliphatic carbocycles. The van der Waals surface area contributed by atoms with E-state index in [1.54, 1.807) is 6.92 Å². The maximum Gasteiger partial charge on any atom is 0.475 e. The van der Waals surface area contributed by atoms with E-state index in [4.69, 9.17) is 13.6 Å². The van der Waals surface area contributed by atoms with Gasteiger partial charge in [0, 0.05) is 60.9 Å². The van der Waals surface area contributed by atoms with Gasteiger partial charge < -0.3 is 14.9 Å². The average Bonchev–Trinajstić information content (AvgIpc) is 4.07.